The quantitative estimate of drug-likeness (QED) is 0.675. The summed E-state index contributed by atoms with van der Waals surface area (Å²) in [7, 11) is 0. The lowest BCUT2D eigenvalue weighted by molar-refractivity contribution is -0.116. The predicted molar refractivity (Wildman–Crippen MR) is 86.2 cm³/mol. The molecule has 4 nitrogen and oxygen atoms in total. The van der Waals surface area contributed by atoms with Crippen molar-refractivity contribution in [2.24, 2.45) is 0 Å². The number of aromatic nitrogens is 1. The molecule has 1 heterocycles. The Hall–Kier alpha value is -1.60. The molecule has 0 spiro atoms. The number of rotatable bonds is 5. The topological polar surface area (TPSA) is 59.2 Å². The van der Waals surface area contributed by atoms with Crippen molar-refractivity contribution in [3.8, 4) is 0 Å². The van der Waals surface area contributed by atoms with E-state index in [0.717, 1.165) is 5.69 Å². The second-order valence-corrected chi connectivity index (χ2v) is 6.22. The van der Waals surface area contributed by atoms with Crippen molar-refractivity contribution in [1.29, 1.82) is 0 Å². The maximum absolute atomic E-state index is 13.7. The fourth-order valence-electron chi connectivity index (χ4n) is 1.77. The van der Waals surface area contributed by atoms with E-state index >= 15 is 0 Å². The van der Waals surface area contributed by atoms with Crippen LogP contribution in [0.15, 0.2) is 28.5 Å². The lowest BCUT2D eigenvalue weighted by atomic mass is 10.3. The van der Waals surface area contributed by atoms with Crippen molar-refractivity contribution in [1.82, 2.24) is 4.98 Å². The van der Waals surface area contributed by atoms with Gasteiger partial charge in [0.25, 0.3) is 0 Å². The summed E-state index contributed by atoms with van der Waals surface area (Å²) in [5.41, 5.74) is 6.76. The Morgan fingerprint density at radius 3 is 2.90 bits per heavy atom. The first kappa shape index (κ1) is 15.8. The number of carbonyl (C=O) groups is 1. The van der Waals surface area contributed by atoms with Crippen molar-refractivity contribution < 1.29 is 9.18 Å². The molecule has 7 heteroatoms. The van der Waals surface area contributed by atoms with Crippen LogP contribution < -0.4 is 10.6 Å². The van der Waals surface area contributed by atoms with Gasteiger partial charge in [0.2, 0.25) is 5.91 Å². The van der Waals surface area contributed by atoms with Crippen molar-refractivity contribution in [2.75, 3.05) is 17.2 Å². The van der Waals surface area contributed by atoms with Gasteiger partial charge in [0, 0.05) is 35.2 Å². The SMILES string of the molecule is CCN(C(C)=O)c1nc(CSc2ccc(N)cc2F)cs1. The summed E-state index contributed by atoms with van der Waals surface area (Å²) in [5, 5.41) is 2.57. The Labute approximate surface area is 131 Å². The summed E-state index contributed by atoms with van der Waals surface area (Å²) < 4.78 is 13.7. The van der Waals surface area contributed by atoms with E-state index in [1.54, 1.807) is 17.0 Å². The number of nitrogens with zero attached hydrogens (tertiary/aromatic N) is 2. The summed E-state index contributed by atoms with van der Waals surface area (Å²) in [6.07, 6.45) is 0. The van der Waals surface area contributed by atoms with Gasteiger partial charge in [-0.3, -0.25) is 9.69 Å². The van der Waals surface area contributed by atoms with Gasteiger partial charge in [0.1, 0.15) is 5.82 Å². The van der Waals surface area contributed by atoms with Crippen LogP contribution in [0.3, 0.4) is 0 Å². The molecule has 0 unspecified atom stereocenters. The van der Waals surface area contributed by atoms with Crippen LogP contribution >= 0.6 is 23.1 Å². The van der Waals surface area contributed by atoms with E-state index in [1.165, 1.54) is 36.1 Å². The van der Waals surface area contributed by atoms with Gasteiger partial charge in [-0.05, 0) is 25.1 Å². The van der Waals surface area contributed by atoms with Gasteiger partial charge in [0.15, 0.2) is 5.13 Å². The second kappa shape index (κ2) is 6.91. The van der Waals surface area contributed by atoms with Crippen molar-refractivity contribution in [3.05, 3.63) is 35.1 Å². The first-order valence-corrected chi connectivity index (χ1v) is 8.28. The third-order valence-corrected chi connectivity index (χ3v) is 4.79. The van der Waals surface area contributed by atoms with E-state index < -0.39 is 0 Å². The summed E-state index contributed by atoms with van der Waals surface area (Å²) >= 11 is 2.78. The molecule has 0 atom stereocenters. The average Bonchev–Trinajstić information content (AvgIpc) is 2.87. The average molecular weight is 325 g/mol. The maximum Gasteiger partial charge on any atom is 0.225 e. The number of nitrogen functional groups attached to an aromatic ring is 1. The molecule has 1 amide bonds. The Kier molecular flexibility index (Phi) is 5.19. The zero-order valence-corrected chi connectivity index (χ0v) is 13.4. The Morgan fingerprint density at radius 2 is 2.29 bits per heavy atom. The molecule has 0 aliphatic heterocycles. The summed E-state index contributed by atoms with van der Waals surface area (Å²) in [4.78, 5) is 18.0. The molecule has 2 aromatic rings. The first-order valence-electron chi connectivity index (χ1n) is 6.41. The molecule has 0 saturated heterocycles. The van der Waals surface area contributed by atoms with Gasteiger partial charge in [-0.2, -0.15) is 0 Å². The number of anilines is 2. The van der Waals surface area contributed by atoms with Crippen molar-refractivity contribution in [2.45, 2.75) is 24.5 Å². The highest BCUT2D eigenvalue weighted by Gasteiger charge is 2.13. The third kappa shape index (κ3) is 3.95. The van der Waals surface area contributed by atoms with E-state index in [9.17, 15) is 9.18 Å². The molecule has 1 aromatic carbocycles. The van der Waals surface area contributed by atoms with E-state index in [0.29, 0.717) is 28.0 Å². The van der Waals surface area contributed by atoms with Crippen LogP contribution in [-0.4, -0.2) is 17.4 Å². The minimum absolute atomic E-state index is 0.0318. The molecule has 0 saturated carbocycles. The molecule has 0 bridgehead atoms. The number of carbonyl (C=O) groups excluding carboxylic acids is 1. The number of thiazole rings is 1. The van der Waals surface area contributed by atoms with Crippen LogP contribution in [0.25, 0.3) is 0 Å². The number of hydrogen-bond donors (Lipinski definition) is 1. The third-order valence-electron chi connectivity index (χ3n) is 2.80. The number of halogens is 1. The molecule has 2 rings (SSSR count). The smallest absolute Gasteiger partial charge is 0.225 e. The van der Waals surface area contributed by atoms with Crippen molar-refractivity contribution in [3.63, 3.8) is 0 Å². The molecule has 0 aliphatic carbocycles. The standard InChI is InChI=1S/C14H16FN3OS2/c1-3-18(9(2)19)14-17-11(8-21-14)7-20-13-5-4-10(16)6-12(13)15/h4-6,8H,3,7,16H2,1-2H3. The predicted octanol–water partition coefficient (Wildman–Crippen LogP) is 3.53. The van der Waals surface area contributed by atoms with Gasteiger partial charge < -0.3 is 5.73 Å². The monoisotopic (exact) mass is 325 g/mol. The molecule has 0 radical (unpaired) electrons. The Bertz CT molecular complexity index is 645. The van der Waals surface area contributed by atoms with Gasteiger partial charge in [-0.15, -0.1) is 23.1 Å². The molecular weight excluding hydrogens is 309 g/mol. The molecular formula is C14H16FN3OS2. The van der Waals surface area contributed by atoms with Gasteiger partial charge in [-0.1, -0.05) is 0 Å². The minimum atomic E-state index is -0.325. The van der Waals surface area contributed by atoms with Crippen molar-refractivity contribution >= 4 is 39.8 Å². The number of benzene rings is 1. The molecule has 2 N–H and O–H groups in total. The van der Waals surface area contributed by atoms with Gasteiger partial charge in [-0.25, -0.2) is 9.37 Å². The Morgan fingerprint density at radius 1 is 1.52 bits per heavy atom. The van der Waals surface area contributed by atoms with Crippen LogP contribution in [0.4, 0.5) is 15.2 Å². The molecule has 21 heavy (non-hydrogen) atoms. The number of thioether (sulfide) groups is 1. The molecule has 0 fully saturated rings. The molecule has 0 aliphatic rings. The molecule has 1 aromatic heterocycles. The number of amides is 1. The van der Waals surface area contributed by atoms with Gasteiger partial charge >= 0.3 is 0 Å². The Balaban J connectivity index is 2.04. The molecule has 112 valence electrons. The van der Waals surface area contributed by atoms with Crippen LogP contribution in [-0.2, 0) is 10.5 Å². The van der Waals surface area contributed by atoms with Gasteiger partial charge in [0.05, 0.1) is 5.69 Å². The fraction of sp³-hybridized carbons (Fsp3) is 0.286. The number of nitrogens with two attached hydrogens (primary N) is 1. The first-order chi connectivity index (χ1) is 10.0. The highest BCUT2D eigenvalue weighted by Crippen LogP contribution is 2.29. The zero-order valence-electron chi connectivity index (χ0n) is 11.8. The van der Waals surface area contributed by atoms with E-state index in [2.05, 4.69) is 4.98 Å². The minimum Gasteiger partial charge on any atom is -0.399 e. The lowest BCUT2D eigenvalue weighted by Gasteiger charge is -2.14. The number of hydrogen-bond acceptors (Lipinski definition) is 5. The maximum atomic E-state index is 13.7. The highest BCUT2D eigenvalue weighted by molar-refractivity contribution is 7.98. The largest absolute Gasteiger partial charge is 0.399 e. The summed E-state index contributed by atoms with van der Waals surface area (Å²) in [6.45, 7) is 4.01. The highest BCUT2D eigenvalue weighted by atomic mass is 32.2. The van der Waals surface area contributed by atoms with Crippen LogP contribution in [0.2, 0.25) is 0 Å². The lowest BCUT2D eigenvalue weighted by Crippen LogP contribution is -2.27. The second-order valence-electron chi connectivity index (χ2n) is 4.36. The fourth-order valence-corrected chi connectivity index (χ4v) is 3.62. The van der Waals surface area contributed by atoms with E-state index in [1.807, 2.05) is 12.3 Å². The zero-order chi connectivity index (χ0) is 15.4. The van der Waals surface area contributed by atoms with E-state index in [4.69, 9.17) is 5.73 Å². The van der Waals surface area contributed by atoms with Crippen LogP contribution in [0.5, 0.6) is 0 Å². The normalized spacial score (nSPS) is 10.6. The van der Waals surface area contributed by atoms with E-state index in [-0.39, 0.29) is 11.7 Å². The van der Waals surface area contributed by atoms with Crippen LogP contribution in [0, 0.1) is 5.82 Å². The summed E-state index contributed by atoms with van der Waals surface area (Å²) in [6, 6.07) is 4.65. The summed E-state index contributed by atoms with van der Waals surface area (Å²) in [5.74, 6) is 0.192. The van der Waals surface area contributed by atoms with Crippen LogP contribution in [0.1, 0.15) is 19.5 Å².